The second-order valence-electron chi connectivity index (χ2n) is 2.95. The molecular formula is C12H14O. The summed E-state index contributed by atoms with van der Waals surface area (Å²) in [6.07, 6.45) is 3.81. The van der Waals surface area contributed by atoms with Crippen LogP contribution in [0.3, 0.4) is 0 Å². The summed E-state index contributed by atoms with van der Waals surface area (Å²) in [5.41, 5.74) is 3.10. The number of benzene rings is 1. The fourth-order valence-corrected chi connectivity index (χ4v) is 1.12. The van der Waals surface area contributed by atoms with Crippen molar-refractivity contribution in [3.8, 4) is 0 Å². The number of hydrogen-bond acceptors (Lipinski definition) is 1. The molecule has 0 saturated carbocycles. The zero-order valence-electron chi connectivity index (χ0n) is 7.83. The van der Waals surface area contributed by atoms with Crippen LogP contribution >= 0.6 is 0 Å². The largest absolute Gasteiger partial charge is 0.392 e. The molecule has 0 amide bonds. The summed E-state index contributed by atoms with van der Waals surface area (Å²) < 4.78 is 0. The molecule has 0 spiro atoms. The van der Waals surface area contributed by atoms with Gasteiger partial charge in [0.2, 0.25) is 0 Å². The summed E-state index contributed by atoms with van der Waals surface area (Å²) in [4.78, 5) is 0. The van der Waals surface area contributed by atoms with Crippen LogP contribution in [0.25, 0.3) is 6.08 Å². The van der Waals surface area contributed by atoms with Crippen molar-refractivity contribution in [3.05, 3.63) is 53.6 Å². The first-order valence-electron chi connectivity index (χ1n) is 4.27. The van der Waals surface area contributed by atoms with Crippen LogP contribution in [0.1, 0.15) is 18.1 Å². The van der Waals surface area contributed by atoms with Gasteiger partial charge in [-0.05, 0) is 18.1 Å². The Morgan fingerprint density at radius 2 is 2.15 bits per heavy atom. The minimum Gasteiger partial charge on any atom is -0.392 e. The van der Waals surface area contributed by atoms with E-state index in [4.69, 9.17) is 5.11 Å². The van der Waals surface area contributed by atoms with Gasteiger partial charge in [-0.25, -0.2) is 0 Å². The van der Waals surface area contributed by atoms with E-state index in [-0.39, 0.29) is 6.61 Å². The van der Waals surface area contributed by atoms with Crippen molar-refractivity contribution in [1.82, 2.24) is 0 Å². The van der Waals surface area contributed by atoms with E-state index in [1.165, 1.54) is 0 Å². The molecule has 0 bridgehead atoms. The lowest BCUT2D eigenvalue weighted by molar-refractivity contribution is 0.281. The molecule has 0 aliphatic carbocycles. The summed E-state index contributed by atoms with van der Waals surface area (Å²) in [6, 6.07) is 7.79. The summed E-state index contributed by atoms with van der Waals surface area (Å²) in [6.45, 7) is 5.75. The van der Waals surface area contributed by atoms with Gasteiger partial charge in [0.05, 0.1) is 6.61 Å². The third kappa shape index (κ3) is 2.56. The molecule has 0 heterocycles. The highest BCUT2D eigenvalue weighted by Crippen LogP contribution is 2.13. The smallest absolute Gasteiger partial charge is 0.0687 e. The summed E-state index contributed by atoms with van der Waals surface area (Å²) in [5.74, 6) is 0. The molecule has 0 aliphatic rings. The maximum Gasteiger partial charge on any atom is 0.0687 e. The molecule has 13 heavy (non-hydrogen) atoms. The molecule has 1 N–H and O–H groups in total. The first-order chi connectivity index (χ1) is 6.27. The van der Waals surface area contributed by atoms with E-state index >= 15 is 0 Å². The normalized spacial score (nSPS) is 11.4. The topological polar surface area (TPSA) is 20.2 Å². The highest BCUT2D eigenvalue weighted by molar-refractivity contribution is 5.58. The predicted molar refractivity (Wildman–Crippen MR) is 56.2 cm³/mol. The summed E-state index contributed by atoms with van der Waals surface area (Å²) >= 11 is 0. The zero-order valence-corrected chi connectivity index (χ0v) is 7.83. The Balaban J connectivity index is 3.06. The van der Waals surface area contributed by atoms with Crippen LogP contribution in [0.2, 0.25) is 0 Å². The van der Waals surface area contributed by atoms with Crippen LogP contribution < -0.4 is 0 Å². The SMILES string of the molecule is C=C/C(C)=C/c1ccccc1CO. The van der Waals surface area contributed by atoms with Crippen LogP contribution in [-0.2, 0) is 6.61 Å². The lowest BCUT2D eigenvalue weighted by Gasteiger charge is -2.02. The van der Waals surface area contributed by atoms with E-state index in [9.17, 15) is 0 Å². The maximum absolute atomic E-state index is 9.05. The Morgan fingerprint density at radius 3 is 2.77 bits per heavy atom. The highest BCUT2D eigenvalue weighted by atomic mass is 16.3. The monoisotopic (exact) mass is 174 g/mol. The molecule has 0 atom stereocenters. The van der Waals surface area contributed by atoms with Crippen molar-refractivity contribution in [2.24, 2.45) is 0 Å². The molecule has 1 aromatic rings. The number of allylic oxidation sites excluding steroid dienone is 2. The molecule has 0 aliphatic heterocycles. The molecule has 1 heteroatoms. The molecule has 0 fully saturated rings. The van der Waals surface area contributed by atoms with E-state index < -0.39 is 0 Å². The van der Waals surface area contributed by atoms with Gasteiger partial charge in [0, 0.05) is 0 Å². The maximum atomic E-state index is 9.05. The first kappa shape index (κ1) is 9.75. The third-order valence-electron chi connectivity index (χ3n) is 1.93. The average Bonchev–Trinajstić information content (AvgIpc) is 2.18. The number of aliphatic hydroxyl groups is 1. The van der Waals surface area contributed by atoms with Gasteiger partial charge in [-0.15, -0.1) is 0 Å². The Hall–Kier alpha value is -1.34. The molecular weight excluding hydrogens is 160 g/mol. The van der Waals surface area contributed by atoms with Crippen molar-refractivity contribution in [2.75, 3.05) is 0 Å². The number of hydrogen-bond donors (Lipinski definition) is 1. The van der Waals surface area contributed by atoms with Gasteiger partial charge in [0.1, 0.15) is 0 Å². The zero-order chi connectivity index (χ0) is 9.68. The van der Waals surface area contributed by atoms with Gasteiger partial charge in [0.25, 0.3) is 0 Å². The lowest BCUT2D eigenvalue weighted by Crippen LogP contribution is -1.87. The van der Waals surface area contributed by atoms with E-state index in [2.05, 4.69) is 6.58 Å². The Labute approximate surface area is 79.0 Å². The minimum atomic E-state index is 0.0805. The molecule has 0 aromatic heterocycles. The van der Waals surface area contributed by atoms with Crippen LogP contribution in [0, 0.1) is 0 Å². The predicted octanol–water partition coefficient (Wildman–Crippen LogP) is 2.77. The molecule has 68 valence electrons. The van der Waals surface area contributed by atoms with Crippen molar-refractivity contribution in [2.45, 2.75) is 13.5 Å². The van der Waals surface area contributed by atoms with Crippen LogP contribution in [0.5, 0.6) is 0 Å². The summed E-state index contributed by atoms with van der Waals surface area (Å²) in [5, 5.41) is 9.05. The standard InChI is InChI=1S/C12H14O/c1-3-10(2)8-11-6-4-5-7-12(11)9-13/h3-8,13H,1,9H2,2H3/b10-8+. The number of aliphatic hydroxyl groups excluding tert-OH is 1. The van der Waals surface area contributed by atoms with Gasteiger partial charge in [-0.1, -0.05) is 48.6 Å². The second kappa shape index (κ2) is 4.63. The third-order valence-corrected chi connectivity index (χ3v) is 1.93. The summed E-state index contributed by atoms with van der Waals surface area (Å²) in [7, 11) is 0. The van der Waals surface area contributed by atoms with Gasteiger partial charge in [-0.2, -0.15) is 0 Å². The Kier molecular flexibility index (Phi) is 3.47. The van der Waals surface area contributed by atoms with Crippen molar-refractivity contribution in [3.63, 3.8) is 0 Å². The van der Waals surface area contributed by atoms with E-state index in [0.29, 0.717) is 0 Å². The van der Waals surface area contributed by atoms with Crippen molar-refractivity contribution < 1.29 is 5.11 Å². The van der Waals surface area contributed by atoms with Gasteiger partial charge < -0.3 is 5.11 Å². The molecule has 0 saturated heterocycles. The average molecular weight is 174 g/mol. The van der Waals surface area contributed by atoms with E-state index in [1.807, 2.05) is 37.3 Å². The fraction of sp³-hybridized carbons (Fsp3) is 0.167. The van der Waals surface area contributed by atoms with Gasteiger partial charge in [0.15, 0.2) is 0 Å². The van der Waals surface area contributed by atoms with Crippen molar-refractivity contribution in [1.29, 1.82) is 0 Å². The number of rotatable bonds is 3. The van der Waals surface area contributed by atoms with Crippen LogP contribution in [-0.4, -0.2) is 5.11 Å². The molecule has 0 radical (unpaired) electrons. The van der Waals surface area contributed by atoms with Crippen molar-refractivity contribution >= 4 is 6.08 Å². The van der Waals surface area contributed by atoms with Gasteiger partial charge in [-0.3, -0.25) is 0 Å². The molecule has 1 aromatic carbocycles. The molecule has 1 nitrogen and oxygen atoms in total. The second-order valence-corrected chi connectivity index (χ2v) is 2.95. The van der Waals surface area contributed by atoms with Crippen LogP contribution in [0.15, 0.2) is 42.5 Å². The van der Waals surface area contributed by atoms with E-state index in [1.54, 1.807) is 6.08 Å². The Bertz CT molecular complexity index is 324. The molecule has 0 unspecified atom stereocenters. The van der Waals surface area contributed by atoms with Crippen LogP contribution in [0.4, 0.5) is 0 Å². The lowest BCUT2D eigenvalue weighted by atomic mass is 10.1. The fourth-order valence-electron chi connectivity index (χ4n) is 1.12. The molecule has 1 rings (SSSR count). The first-order valence-corrected chi connectivity index (χ1v) is 4.27. The Morgan fingerprint density at radius 1 is 1.46 bits per heavy atom. The highest BCUT2D eigenvalue weighted by Gasteiger charge is 1.95. The van der Waals surface area contributed by atoms with Gasteiger partial charge >= 0.3 is 0 Å². The van der Waals surface area contributed by atoms with E-state index in [0.717, 1.165) is 16.7 Å². The minimum absolute atomic E-state index is 0.0805. The quantitative estimate of drug-likeness (QED) is 0.698.